The van der Waals surface area contributed by atoms with E-state index in [1.54, 1.807) is 12.4 Å². The maximum absolute atomic E-state index is 8.80. The highest BCUT2D eigenvalue weighted by Crippen LogP contribution is 2.27. The number of anilines is 2. The molecule has 3 aromatic heterocycles. The monoisotopic (exact) mass is 439 g/mol. The predicted molar refractivity (Wildman–Crippen MR) is 121 cm³/mol. The number of rotatable bonds is 10. The zero-order valence-electron chi connectivity index (χ0n) is 18.1. The van der Waals surface area contributed by atoms with E-state index < -0.39 is 0 Å². The number of nitrogens with zero attached hydrogens (tertiary/aromatic N) is 7. The molecule has 3 aromatic rings. The fourth-order valence-corrected chi connectivity index (χ4v) is 3.70. The van der Waals surface area contributed by atoms with E-state index in [2.05, 4.69) is 36.5 Å². The normalized spacial score (nSPS) is 14.1. The molecule has 4 heterocycles. The number of nitrogen functional groups attached to an aromatic ring is 1. The lowest BCUT2D eigenvalue weighted by atomic mass is 10.1. The van der Waals surface area contributed by atoms with Gasteiger partial charge in [-0.15, -0.1) is 0 Å². The summed E-state index contributed by atoms with van der Waals surface area (Å²) in [5, 5.41) is 8.80. The molecular formula is C21H29N9O2. The Balaban J connectivity index is 1.55. The number of hydrogen-bond donors (Lipinski definition) is 3. The molecule has 4 N–H and O–H groups in total. The van der Waals surface area contributed by atoms with Crippen molar-refractivity contribution >= 4 is 22.9 Å². The van der Waals surface area contributed by atoms with Crippen molar-refractivity contribution in [2.75, 3.05) is 36.9 Å². The first-order valence-electron chi connectivity index (χ1n) is 10.9. The summed E-state index contributed by atoms with van der Waals surface area (Å²) in [6.45, 7) is 7.37. The molecular weight excluding hydrogens is 410 g/mol. The van der Waals surface area contributed by atoms with Gasteiger partial charge in [-0.05, 0) is 19.3 Å². The summed E-state index contributed by atoms with van der Waals surface area (Å²) < 4.78 is 7.59. The van der Waals surface area contributed by atoms with Crippen LogP contribution < -0.4 is 16.1 Å². The minimum Gasteiger partial charge on any atom is -0.378 e. The van der Waals surface area contributed by atoms with Crippen LogP contribution in [0.4, 0.5) is 11.8 Å². The van der Waals surface area contributed by atoms with Gasteiger partial charge in [0.05, 0.1) is 25.1 Å². The summed E-state index contributed by atoms with van der Waals surface area (Å²) in [6.07, 6.45) is 10.0. The van der Waals surface area contributed by atoms with E-state index in [1.165, 1.54) is 0 Å². The van der Waals surface area contributed by atoms with Crippen LogP contribution in [-0.4, -0.2) is 61.0 Å². The number of nitrogens with two attached hydrogens (primary N) is 1. The van der Waals surface area contributed by atoms with Crippen molar-refractivity contribution in [2.45, 2.75) is 38.6 Å². The topological polar surface area (TPSA) is 140 Å². The zero-order valence-corrected chi connectivity index (χ0v) is 18.1. The quantitative estimate of drug-likeness (QED) is 0.318. The first-order valence-corrected chi connectivity index (χ1v) is 10.9. The number of aryl methyl sites for hydroxylation is 1. The Kier molecular flexibility index (Phi) is 7.07. The van der Waals surface area contributed by atoms with Crippen molar-refractivity contribution in [3.63, 3.8) is 0 Å². The predicted octanol–water partition coefficient (Wildman–Crippen LogP) is 2.15. The molecule has 0 radical (unpaired) electrons. The molecule has 170 valence electrons. The van der Waals surface area contributed by atoms with Crippen molar-refractivity contribution < 1.29 is 9.94 Å². The van der Waals surface area contributed by atoms with Crippen LogP contribution in [-0.2, 0) is 11.3 Å². The first-order chi connectivity index (χ1) is 15.7. The van der Waals surface area contributed by atoms with Crippen LogP contribution >= 0.6 is 0 Å². The van der Waals surface area contributed by atoms with Crippen LogP contribution in [0.15, 0.2) is 31.0 Å². The van der Waals surface area contributed by atoms with Gasteiger partial charge in [0.1, 0.15) is 0 Å². The molecule has 0 spiro atoms. The average molecular weight is 440 g/mol. The fourth-order valence-electron chi connectivity index (χ4n) is 3.70. The van der Waals surface area contributed by atoms with Gasteiger partial charge in [-0.1, -0.05) is 19.4 Å². The van der Waals surface area contributed by atoms with Gasteiger partial charge >= 0.3 is 0 Å². The average Bonchev–Trinajstić information content (AvgIpc) is 3.24. The Morgan fingerprint density at radius 3 is 2.59 bits per heavy atom. The van der Waals surface area contributed by atoms with Crippen LogP contribution in [0.3, 0.4) is 0 Å². The van der Waals surface area contributed by atoms with Crippen molar-refractivity contribution in [1.29, 1.82) is 0 Å². The lowest BCUT2D eigenvalue weighted by Crippen LogP contribution is -2.37. The van der Waals surface area contributed by atoms with Gasteiger partial charge in [0, 0.05) is 37.7 Å². The smallest absolute Gasteiger partial charge is 0.219 e. The molecule has 1 aliphatic rings. The molecule has 11 nitrogen and oxygen atoms in total. The van der Waals surface area contributed by atoms with Gasteiger partial charge in [0.25, 0.3) is 0 Å². The number of imidazole rings is 1. The number of morpholine rings is 1. The van der Waals surface area contributed by atoms with E-state index in [0.29, 0.717) is 30.3 Å². The molecule has 0 bridgehead atoms. The Labute approximate surface area is 186 Å². The van der Waals surface area contributed by atoms with Crippen LogP contribution in [0, 0.1) is 0 Å². The summed E-state index contributed by atoms with van der Waals surface area (Å²) in [6, 6.07) is 0. The third kappa shape index (κ3) is 5.11. The van der Waals surface area contributed by atoms with Gasteiger partial charge in [0.2, 0.25) is 5.95 Å². The number of unbranched alkanes of at least 4 members (excludes halogenated alkanes) is 3. The maximum atomic E-state index is 8.80. The van der Waals surface area contributed by atoms with E-state index >= 15 is 0 Å². The van der Waals surface area contributed by atoms with Crippen molar-refractivity contribution in [2.24, 2.45) is 0 Å². The minimum absolute atomic E-state index is 0.214. The molecule has 0 amide bonds. The highest BCUT2D eigenvalue weighted by atomic mass is 16.5. The van der Waals surface area contributed by atoms with Crippen LogP contribution in [0.2, 0.25) is 0 Å². The molecule has 0 saturated carbocycles. The molecule has 1 saturated heterocycles. The summed E-state index contributed by atoms with van der Waals surface area (Å²) in [5.74, 6) is 1.57. The number of hydrogen-bond acceptors (Lipinski definition) is 10. The van der Waals surface area contributed by atoms with E-state index in [-0.39, 0.29) is 5.95 Å². The van der Waals surface area contributed by atoms with E-state index in [1.807, 2.05) is 6.33 Å². The van der Waals surface area contributed by atoms with Gasteiger partial charge in [-0.3, -0.25) is 10.7 Å². The summed E-state index contributed by atoms with van der Waals surface area (Å²) in [5.41, 5.74) is 10.7. The fraction of sp³-hybridized carbons (Fsp3) is 0.476. The van der Waals surface area contributed by atoms with Crippen LogP contribution in [0.25, 0.3) is 22.6 Å². The Bertz CT molecular complexity index is 1050. The molecule has 4 rings (SSSR count). The number of fused-ring (bicyclic) bond motifs is 1. The number of nitrogens with one attached hydrogen (secondary N) is 1. The molecule has 0 atom stereocenters. The van der Waals surface area contributed by atoms with E-state index in [4.69, 9.17) is 25.6 Å². The third-order valence-corrected chi connectivity index (χ3v) is 5.47. The summed E-state index contributed by atoms with van der Waals surface area (Å²) in [7, 11) is 0. The number of hydroxylamine groups is 1. The Morgan fingerprint density at radius 2 is 1.84 bits per heavy atom. The van der Waals surface area contributed by atoms with Crippen LogP contribution in [0.5, 0.6) is 0 Å². The number of ether oxygens (including phenoxy) is 1. The molecule has 0 aliphatic carbocycles. The molecule has 32 heavy (non-hydrogen) atoms. The third-order valence-electron chi connectivity index (χ3n) is 5.47. The molecule has 1 fully saturated rings. The van der Waals surface area contributed by atoms with Crippen molar-refractivity contribution in [3.05, 3.63) is 31.0 Å². The highest BCUT2D eigenvalue weighted by molar-refractivity contribution is 5.85. The molecule has 0 unspecified atom stereocenters. The van der Waals surface area contributed by atoms with Crippen molar-refractivity contribution in [3.8, 4) is 11.4 Å². The lowest BCUT2D eigenvalue weighted by Gasteiger charge is -2.28. The second-order valence-corrected chi connectivity index (χ2v) is 7.79. The SMILES string of the molecule is C=C(CCCCCCn1cnc2c(N3CCOCC3)nc(-c3cnc(N)nc3)nc21)NO. The molecule has 11 heteroatoms. The van der Waals surface area contributed by atoms with Gasteiger partial charge in [0.15, 0.2) is 22.8 Å². The number of allylic oxidation sites excluding steroid dienone is 1. The lowest BCUT2D eigenvalue weighted by molar-refractivity contribution is 0.122. The maximum Gasteiger partial charge on any atom is 0.219 e. The van der Waals surface area contributed by atoms with Gasteiger partial charge in [-0.25, -0.2) is 24.9 Å². The molecule has 0 aromatic carbocycles. The summed E-state index contributed by atoms with van der Waals surface area (Å²) in [4.78, 5) is 24.6. The second-order valence-electron chi connectivity index (χ2n) is 7.79. The highest BCUT2D eigenvalue weighted by Gasteiger charge is 2.21. The number of aromatic nitrogens is 6. The Morgan fingerprint density at radius 1 is 1.09 bits per heavy atom. The molecule has 1 aliphatic heterocycles. The Hall–Kier alpha value is -3.31. The minimum atomic E-state index is 0.214. The summed E-state index contributed by atoms with van der Waals surface area (Å²) >= 11 is 0. The second kappa shape index (κ2) is 10.3. The van der Waals surface area contributed by atoms with Crippen molar-refractivity contribution in [1.82, 2.24) is 35.0 Å². The zero-order chi connectivity index (χ0) is 22.3. The standard InChI is InChI=1S/C21H29N9O2/c1-15(28-31)6-4-2-3-5-7-30-14-25-17-19(29-8-10-32-11-9-29)26-18(27-20(17)30)16-12-23-21(22)24-13-16/h12-14,28,31H,1-11H2,(H2,22,23,24). The van der Waals surface area contributed by atoms with Gasteiger partial charge in [-0.2, -0.15) is 0 Å². The largest absolute Gasteiger partial charge is 0.378 e. The first kappa shape index (κ1) is 21.9. The van der Waals surface area contributed by atoms with Crippen LogP contribution in [0.1, 0.15) is 32.1 Å². The van der Waals surface area contributed by atoms with Gasteiger partial charge < -0.3 is 19.9 Å². The van der Waals surface area contributed by atoms with E-state index in [0.717, 1.165) is 68.7 Å². The van der Waals surface area contributed by atoms with E-state index in [9.17, 15) is 0 Å².